The molecule has 2 heterocycles. The molecule has 0 saturated heterocycles. The lowest BCUT2D eigenvalue weighted by atomic mass is 9.51. The standard InChI is InChI=1S/C29H31N5O5/c1-15-18-4-5-21(20(18)3-2-19(15)27(37)38)32-26(36)23-9-22(31-24-6-7-30-34(23)24)25(35)33-28-10-16-8-17(11-28)13-29(39,12-16)14-28/h2-3,6-7,9,16-17,21,39H,4-5,8,10-14H2,1H3,(H,32,36)(H,33,35)(H,37,38)/t16?,17?,21-,28?,29?/m0/s1. The Kier molecular flexibility index (Phi) is 5.20. The fraction of sp³-hybridized carbons (Fsp3) is 0.483. The molecule has 8 rings (SSSR count). The van der Waals surface area contributed by atoms with E-state index in [0.717, 1.165) is 48.8 Å². The number of carboxylic acids is 1. The lowest BCUT2D eigenvalue weighted by molar-refractivity contribution is -0.139. The Morgan fingerprint density at radius 3 is 2.56 bits per heavy atom. The van der Waals surface area contributed by atoms with E-state index in [-0.39, 0.29) is 34.8 Å². The summed E-state index contributed by atoms with van der Waals surface area (Å²) in [6, 6.07) is 6.22. The number of amides is 2. The summed E-state index contributed by atoms with van der Waals surface area (Å²) >= 11 is 0. The molecular weight excluding hydrogens is 498 g/mol. The van der Waals surface area contributed by atoms with Gasteiger partial charge in [-0.05, 0) is 92.9 Å². The van der Waals surface area contributed by atoms with E-state index in [1.54, 1.807) is 25.1 Å². The molecule has 0 spiro atoms. The van der Waals surface area contributed by atoms with Crippen LogP contribution in [0.25, 0.3) is 5.65 Å². The number of fused-ring (bicyclic) bond motifs is 2. The molecule has 4 fully saturated rings. The van der Waals surface area contributed by atoms with Crippen LogP contribution in [0.2, 0.25) is 0 Å². The number of carboxylic acid groups (broad SMARTS) is 1. The lowest BCUT2D eigenvalue weighted by Crippen LogP contribution is -2.65. The zero-order valence-electron chi connectivity index (χ0n) is 21.7. The second kappa shape index (κ2) is 8.35. The van der Waals surface area contributed by atoms with Crippen molar-refractivity contribution in [1.82, 2.24) is 25.2 Å². The minimum absolute atomic E-state index is 0.143. The Morgan fingerprint density at radius 1 is 1.08 bits per heavy atom. The van der Waals surface area contributed by atoms with Gasteiger partial charge < -0.3 is 20.8 Å². The van der Waals surface area contributed by atoms with Crippen molar-refractivity contribution in [3.05, 3.63) is 64.1 Å². The van der Waals surface area contributed by atoms with E-state index in [4.69, 9.17) is 0 Å². The average molecular weight is 530 g/mol. The maximum absolute atomic E-state index is 13.6. The first-order valence-electron chi connectivity index (χ1n) is 13.7. The summed E-state index contributed by atoms with van der Waals surface area (Å²) in [4.78, 5) is 43.1. The maximum Gasteiger partial charge on any atom is 0.335 e. The Hall–Kier alpha value is -3.79. The number of carbonyl (C=O) groups is 3. The van der Waals surface area contributed by atoms with E-state index in [0.29, 0.717) is 36.7 Å². The van der Waals surface area contributed by atoms with Crippen molar-refractivity contribution in [2.24, 2.45) is 11.8 Å². The van der Waals surface area contributed by atoms with Gasteiger partial charge in [0.05, 0.1) is 23.4 Å². The number of aromatic carboxylic acids is 1. The van der Waals surface area contributed by atoms with Crippen molar-refractivity contribution in [2.75, 3.05) is 0 Å². The normalized spacial score (nSPS) is 30.4. The zero-order valence-corrected chi connectivity index (χ0v) is 21.7. The van der Waals surface area contributed by atoms with Gasteiger partial charge in [-0.25, -0.2) is 14.3 Å². The summed E-state index contributed by atoms with van der Waals surface area (Å²) < 4.78 is 1.42. The van der Waals surface area contributed by atoms with Gasteiger partial charge in [0.1, 0.15) is 11.4 Å². The van der Waals surface area contributed by atoms with Crippen LogP contribution >= 0.6 is 0 Å². The minimum Gasteiger partial charge on any atom is -0.478 e. The Labute approximate surface area is 224 Å². The number of nitrogens with zero attached hydrogens (tertiary/aromatic N) is 3. The highest BCUT2D eigenvalue weighted by Crippen LogP contribution is 2.57. The van der Waals surface area contributed by atoms with Gasteiger partial charge in [-0.2, -0.15) is 5.10 Å². The third kappa shape index (κ3) is 3.92. The van der Waals surface area contributed by atoms with Crippen LogP contribution < -0.4 is 10.6 Å². The summed E-state index contributed by atoms with van der Waals surface area (Å²) in [5.41, 5.74) is 2.46. The predicted octanol–water partition coefficient (Wildman–Crippen LogP) is 2.97. The van der Waals surface area contributed by atoms with Crippen molar-refractivity contribution < 1.29 is 24.6 Å². The van der Waals surface area contributed by atoms with E-state index >= 15 is 0 Å². The lowest BCUT2D eigenvalue weighted by Gasteiger charge is -2.60. The van der Waals surface area contributed by atoms with Crippen LogP contribution in [0.4, 0.5) is 0 Å². The molecule has 0 radical (unpaired) electrons. The van der Waals surface area contributed by atoms with Crippen LogP contribution in [0, 0.1) is 18.8 Å². The molecule has 0 aliphatic heterocycles. The zero-order chi connectivity index (χ0) is 27.1. The van der Waals surface area contributed by atoms with Crippen molar-refractivity contribution in [1.29, 1.82) is 0 Å². The van der Waals surface area contributed by atoms with Gasteiger partial charge in [-0.1, -0.05) is 6.07 Å². The third-order valence-electron chi connectivity index (χ3n) is 9.46. The highest BCUT2D eigenvalue weighted by molar-refractivity contribution is 5.99. The Morgan fingerprint density at radius 2 is 1.85 bits per heavy atom. The van der Waals surface area contributed by atoms with Crippen molar-refractivity contribution in [3.8, 4) is 0 Å². The molecule has 3 atom stereocenters. The van der Waals surface area contributed by atoms with Crippen LogP contribution in [-0.2, 0) is 6.42 Å². The molecule has 1 aromatic carbocycles. The predicted molar refractivity (Wildman–Crippen MR) is 139 cm³/mol. The van der Waals surface area contributed by atoms with Crippen molar-refractivity contribution in [2.45, 2.75) is 75.5 Å². The first-order valence-corrected chi connectivity index (χ1v) is 13.7. The van der Waals surface area contributed by atoms with Gasteiger partial charge in [0, 0.05) is 17.7 Å². The van der Waals surface area contributed by atoms with Crippen LogP contribution in [0.15, 0.2) is 30.5 Å². The van der Waals surface area contributed by atoms with Crippen molar-refractivity contribution >= 4 is 23.4 Å². The molecule has 3 aromatic rings. The molecule has 2 unspecified atom stereocenters. The van der Waals surface area contributed by atoms with E-state index in [1.165, 1.54) is 16.8 Å². The quantitative estimate of drug-likeness (QED) is 0.397. The molecule has 2 amide bonds. The SMILES string of the molecule is Cc1c(C(=O)O)ccc2c1CC[C@@H]2NC(=O)c1cc(C(=O)NC23CC4CC(CC(O)(C4)C2)C3)nc2ccnn12. The summed E-state index contributed by atoms with van der Waals surface area (Å²) in [6.07, 6.45) is 7.89. The highest BCUT2D eigenvalue weighted by Gasteiger charge is 2.57. The van der Waals surface area contributed by atoms with Crippen LogP contribution in [0.3, 0.4) is 0 Å². The number of hydrogen-bond acceptors (Lipinski definition) is 6. The summed E-state index contributed by atoms with van der Waals surface area (Å²) in [7, 11) is 0. The van der Waals surface area contributed by atoms with Crippen LogP contribution in [-0.4, -0.2) is 53.7 Å². The number of aromatic nitrogens is 3. The Balaban J connectivity index is 1.16. The highest BCUT2D eigenvalue weighted by atomic mass is 16.4. The molecule has 2 aromatic heterocycles. The molecule has 202 valence electrons. The Bertz CT molecular complexity index is 1550. The maximum atomic E-state index is 13.6. The number of aliphatic hydroxyl groups is 1. The fourth-order valence-electron chi connectivity index (χ4n) is 8.35. The van der Waals surface area contributed by atoms with E-state index < -0.39 is 17.1 Å². The monoisotopic (exact) mass is 529 g/mol. The third-order valence-corrected chi connectivity index (χ3v) is 9.46. The number of benzene rings is 1. The average Bonchev–Trinajstić information content (AvgIpc) is 3.49. The number of carbonyl (C=O) groups excluding carboxylic acids is 2. The number of rotatable bonds is 5. The first kappa shape index (κ1) is 24.3. The number of hydrogen-bond donors (Lipinski definition) is 4. The van der Waals surface area contributed by atoms with Crippen molar-refractivity contribution in [3.63, 3.8) is 0 Å². The summed E-state index contributed by atoms with van der Waals surface area (Å²) in [6.45, 7) is 1.80. The first-order chi connectivity index (χ1) is 18.6. The van der Waals surface area contributed by atoms with E-state index in [2.05, 4.69) is 20.7 Å². The van der Waals surface area contributed by atoms with Gasteiger partial charge in [0.15, 0.2) is 5.65 Å². The molecule has 4 saturated carbocycles. The van der Waals surface area contributed by atoms with Gasteiger partial charge >= 0.3 is 5.97 Å². The van der Waals surface area contributed by atoms with E-state index in [9.17, 15) is 24.6 Å². The minimum atomic E-state index is -0.964. The van der Waals surface area contributed by atoms with E-state index in [1.807, 2.05) is 0 Å². The second-order valence-corrected chi connectivity index (χ2v) is 12.2. The summed E-state index contributed by atoms with van der Waals surface area (Å²) in [5.74, 6) is -0.849. The second-order valence-electron chi connectivity index (χ2n) is 12.2. The molecule has 39 heavy (non-hydrogen) atoms. The fourth-order valence-corrected chi connectivity index (χ4v) is 8.35. The van der Waals surface area contributed by atoms with Crippen LogP contribution in [0.1, 0.15) is 99.0 Å². The topological polar surface area (TPSA) is 146 Å². The van der Waals surface area contributed by atoms with Gasteiger partial charge in [0.2, 0.25) is 0 Å². The molecular formula is C29H31N5O5. The smallest absolute Gasteiger partial charge is 0.335 e. The number of nitrogens with one attached hydrogen (secondary N) is 2. The summed E-state index contributed by atoms with van der Waals surface area (Å²) in [5, 5.41) is 31.1. The molecule has 5 aliphatic carbocycles. The molecule has 5 aliphatic rings. The molecule has 10 heteroatoms. The molecule has 4 N–H and O–H groups in total. The van der Waals surface area contributed by atoms with Crippen LogP contribution in [0.5, 0.6) is 0 Å². The molecule has 10 nitrogen and oxygen atoms in total. The van der Waals surface area contributed by atoms with Gasteiger partial charge in [-0.3, -0.25) is 9.59 Å². The largest absolute Gasteiger partial charge is 0.478 e. The molecule has 4 bridgehead atoms. The van der Waals surface area contributed by atoms with Gasteiger partial charge in [-0.15, -0.1) is 0 Å². The van der Waals surface area contributed by atoms with Gasteiger partial charge in [0.25, 0.3) is 11.8 Å².